The maximum Gasteiger partial charge on any atom is 0.251 e. The van der Waals surface area contributed by atoms with Gasteiger partial charge < -0.3 is 15.6 Å². The molecule has 0 saturated heterocycles. The molecule has 0 aliphatic heterocycles. The highest BCUT2D eigenvalue weighted by Gasteiger charge is 2.11. The summed E-state index contributed by atoms with van der Waals surface area (Å²) in [4.78, 5) is 16.1. The molecule has 1 heterocycles. The number of benzene rings is 1. The van der Waals surface area contributed by atoms with Crippen LogP contribution in [0.5, 0.6) is 0 Å². The van der Waals surface area contributed by atoms with Gasteiger partial charge in [0.1, 0.15) is 0 Å². The summed E-state index contributed by atoms with van der Waals surface area (Å²) in [7, 11) is 0. The van der Waals surface area contributed by atoms with Crippen LogP contribution in [0.2, 0.25) is 0 Å². The van der Waals surface area contributed by atoms with Crippen LogP contribution in [-0.2, 0) is 13.0 Å². The van der Waals surface area contributed by atoms with Crippen molar-refractivity contribution in [1.29, 1.82) is 0 Å². The van der Waals surface area contributed by atoms with Gasteiger partial charge in [0, 0.05) is 12.5 Å². The number of rotatable bonds is 5. The minimum absolute atomic E-state index is 0.161. The Balaban J connectivity index is 2.03. The van der Waals surface area contributed by atoms with Crippen molar-refractivity contribution < 1.29 is 9.32 Å². The van der Waals surface area contributed by atoms with Gasteiger partial charge in [0.25, 0.3) is 5.91 Å². The Bertz CT molecular complexity index is 565. The molecule has 1 aromatic carbocycles. The minimum atomic E-state index is -0.161. The van der Waals surface area contributed by atoms with Crippen molar-refractivity contribution in [3.05, 3.63) is 47.1 Å². The predicted molar refractivity (Wildman–Crippen MR) is 69.4 cm³/mol. The molecule has 0 bridgehead atoms. The molecular weight excluding hydrogens is 244 g/mol. The van der Waals surface area contributed by atoms with E-state index in [9.17, 15) is 4.79 Å². The minimum Gasteiger partial charge on any atom is -0.345 e. The Morgan fingerprint density at radius 2 is 2.21 bits per heavy atom. The predicted octanol–water partition coefficient (Wildman–Crippen LogP) is 0.809. The normalized spacial score (nSPS) is 10.4. The molecule has 1 amide bonds. The molecule has 0 aliphatic carbocycles. The Labute approximate surface area is 111 Å². The lowest BCUT2D eigenvalue weighted by atomic mass is 10.0. The second-order valence-electron chi connectivity index (χ2n) is 4.11. The summed E-state index contributed by atoms with van der Waals surface area (Å²) in [5, 5.41) is 6.48. The van der Waals surface area contributed by atoms with Gasteiger partial charge in [0.2, 0.25) is 5.89 Å². The van der Waals surface area contributed by atoms with Crippen molar-refractivity contribution in [3.8, 4) is 0 Å². The first-order valence-corrected chi connectivity index (χ1v) is 6.06. The summed E-state index contributed by atoms with van der Waals surface area (Å²) in [5.41, 5.74) is 7.10. The van der Waals surface area contributed by atoms with Crippen molar-refractivity contribution >= 4 is 5.91 Å². The van der Waals surface area contributed by atoms with Gasteiger partial charge in [-0.1, -0.05) is 23.4 Å². The van der Waals surface area contributed by atoms with Gasteiger partial charge in [-0.3, -0.25) is 4.79 Å². The number of carbonyl (C=O) groups is 1. The van der Waals surface area contributed by atoms with E-state index in [0.717, 1.165) is 5.56 Å². The lowest BCUT2D eigenvalue weighted by molar-refractivity contribution is 0.0948. The number of amides is 1. The summed E-state index contributed by atoms with van der Waals surface area (Å²) in [6.45, 7) is 2.45. The molecule has 2 rings (SSSR count). The number of carbonyl (C=O) groups excluding carboxylic acids is 1. The third-order valence-electron chi connectivity index (χ3n) is 2.65. The molecule has 0 saturated carbocycles. The van der Waals surface area contributed by atoms with E-state index in [1.807, 2.05) is 18.2 Å². The fourth-order valence-corrected chi connectivity index (χ4v) is 1.78. The van der Waals surface area contributed by atoms with Crippen LogP contribution in [0, 0.1) is 6.92 Å². The first-order chi connectivity index (χ1) is 9.20. The average molecular weight is 260 g/mol. The molecule has 6 heteroatoms. The van der Waals surface area contributed by atoms with Gasteiger partial charge in [-0.15, -0.1) is 0 Å². The van der Waals surface area contributed by atoms with Crippen LogP contribution in [0.3, 0.4) is 0 Å². The third-order valence-corrected chi connectivity index (χ3v) is 2.65. The van der Waals surface area contributed by atoms with E-state index in [4.69, 9.17) is 10.3 Å². The van der Waals surface area contributed by atoms with Gasteiger partial charge in [-0.2, -0.15) is 4.98 Å². The molecular formula is C13H16N4O2. The number of aryl methyl sites for hydroxylation is 1. The van der Waals surface area contributed by atoms with Gasteiger partial charge in [0.05, 0.1) is 6.54 Å². The van der Waals surface area contributed by atoms with E-state index in [1.54, 1.807) is 13.0 Å². The molecule has 0 fully saturated rings. The summed E-state index contributed by atoms with van der Waals surface area (Å²) >= 11 is 0. The van der Waals surface area contributed by atoms with Gasteiger partial charge in [-0.05, 0) is 24.6 Å². The molecule has 0 radical (unpaired) electrons. The molecule has 0 spiro atoms. The van der Waals surface area contributed by atoms with Crippen LogP contribution in [0.25, 0.3) is 0 Å². The second kappa shape index (κ2) is 6.10. The third kappa shape index (κ3) is 3.38. The number of hydrogen-bond acceptors (Lipinski definition) is 5. The quantitative estimate of drug-likeness (QED) is 0.829. The van der Waals surface area contributed by atoms with Crippen molar-refractivity contribution in [2.75, 3.05) is 6.54 Å². The van der Waals surface area contributed by atoms with Crippen LogP contribution in [0.15, 0.2) is 28.8 Å². The molecule has 6 nitrogen and oxygen atoms in total. The van der Waals surface area contributed by atoms with Crippen molar-refractivity contribution in [1.82, 2.24) is 15.5 Å². The molecule has 0 aliphatic rings. The maximum absolute atomic E-state index is 12.1. The largest absolute Gasteiger partial charge is 0.345 e. The van der Waals surface area contributed by atoms with Crippen LogP contribution >= 0.6 is 0 Å². The zero-order chi connectivity index (χ0) is 13.7. The fraction of sp³-hybridized carbons (Fsp3) is 0.308. The highest BCUT2D eigenvalue weighted by Crippen LogP contribution is 2.09. The number of nitrogens with two attached hydrogens (primary N) is 1. The first kappa shape index (κ1) is 13.2. The number of hydrogen-bond donors (Lipinski definition) is 2. The number of nitrogens with one attached hydrogen (secondary N) is 1. The lowest BCUT2D eigenvalue weighted by Crippen LogP contribution is -2.25. The number of nitrogens with zero attached hydrogens (tertiary/aromatic N) is 2. The molecule has 1 aromatic heterocycles. The summed E-state index contributed by atoms with van der Waals surface area (Å²) in [6, 6.07) is 7.40. The summed E-state index contributed by atoms with van der Waals surface area (Å²) in [6.07, 6.45) is 0.672. The van der Waals surface area contributed by atoms with E-state index < -0.39 is 0 Å². The highest BCUT2D eigenvalue weighted by atomic mass is 16.5. The highest BCUT2D eigenvalue weighted by molar-refractivity contribution is 5.95. The van der Waals surface area contributed by atoms with Crippen molar-refractivity contribution in [2.24, 2.45) is 5.73 Å². The van der Waals surface area contributed by atoms with Crippen molar-refractivity contribution in [3.63, 3.8) is 0 Å². The monoisotopic (exact) mass is 260 g/mol. The second-order valence-corrected chi connectivity index (χ2v) is 4.11. The van der Waals surface area contributed by atoms with Crippen molar-refractivity contribution in [2.45, 2.75) is 19.9 Å². The Hall–Kier alpha value is -2.21. The molecule has 19 heavy (non-hydrogen) atoms. The van der Waals surface area contributed by atoms with Crippen LogP contribution in [0.1, 0.15) is 27.6 Å². The molecule has 2 aromatic rings. The first-order valence-electron chi connectivity index (χ1n) is 6.06. The Morgan fingerprint density at radius 3 is 2.89 bits per heavy atom. The molecule has 100 valence electrons. The summed E-state index contributed by atoms with van der Waals surface area (Å²) < 4.78 is 4.84. The van der Waals surface area contributed by atoms with Gasteiger partial charge in [-0.25, -0.2) is 0 Å². The van der Waals surface area contributed by atoms with E-state index in [-0.39, 0.29) is 12.5 Å². The van der Waals surface area contributed by atoms with E-state index in [2.05, 4.69) is 15.5 Å². The molecule has 0 atom stereocenters. The fourth-order valence-electron chi connectivity index (χ4n) is 1.78. The van der Waals surface area contributed by atoms with E-state index in [0.29, 0.717) is 30.2 Å². The van der Waals surface area contributed by atoms with Crippen LogP contribution in [-0.4, -0.2) is 22.6 Å². The SMILES string of the molecule is Cc1nc(CNC(=O)c2ccccc2CCN)no1. The molecule has 0 unspecified atom stereocenters. The Kier molecular flexibility index (Phi) is 4.25. The number of aromatic nitrogens is 2. The maximum atomic E-state index is 12.1. The zero-order valence-corrected chi connectivity index (χ0v) is 10.7. The van der Waals surface area contributed by atoms with Gasteiger partial charge in [0.15, 0.2) is 5.82 Å². The summed E-state index contributed by atoms with van der Waals surface area (Å²) in [5.74, 6) is 0.779. The lowest BCUT2D eigenvalue weighted by Gasteiger charge is -2.08. The zero-order valence-electron chi connectivity index (χ0n) is 10.7. The van der Waals surface area contributed by atoms with E-state index in [1.165, 1.54) is 0 Å². The topological polar surface area (TPSA) is 94.0 Å². The Morgan fingerprint density at radius 1 is 1.42 bits per heavy atom. The van der Waals surface area contributed by atoms with E-state index >= 15 is 0 Å². The smallest absolute Gasteiger partial charge is 0.251 e. The van der Waals surface area contributed by atoms with Crippen LogP contribution in [0.4, 0.5) is 0 Å². The molecule has 3 N–H and O–H groups in total. The van der Waals surface area contributed by atoms with Crippen LogP contribution < -0.4 is 11.1 Å². The average Bonchev–Trinajstić information content (AvgIpc) is 2.83. The standard InChI is InChI=1S/C13H16N4O2/c1-9-16-12(17-19-9)8-15-13(18)11-5-3-2-4-10(11)6-7-14/h2-5H,6-8,14H2,1H3,(H,15,18). The van der Waals surface area contributed by atoms with Gasteiger partial charge >= 0.3 is 0 Å².